The Morgan fingerprint density at radius 1 is 1.05 bits per heavy atom. The summed E-state index contributed by atoms with van der Waals surface area (Å²) in [6.45, 7) is 0.485. The van der Waals surface area contributed by atoms with Gasteiger partial charge in [0.15, 0.2) is 9.84 Å². The second-order valence-electron chi connectivity index (χ2n) is 5.47. The van der Waals surface area contributed by atoms with Gasteiger partial charge in [0, 0.05) is 0 Å². The molecule has 1 aromatic carbocycles. The van der Waals surface area contributed by atoms with Crippen molar-refractivity contribution in [3.63, 3.8) is 0 Å². The van der Waals surface area contributed by atoms with E-state index in [1.165, 1.54) is 0 Å². The Morgan fingerprint density at radius 2 is 1.74 bits per heavy atom. The van der Waals surface area contributed by atoms with Crippen molar-refractivity contribution in [1.29, 1.82) is 0 Å². The molecule has 0 spiro atoms. The Balaban J connectivity index is 2.17. The molecule has 0 aliphatic heterocycles. The number of benzene rings is 1. The zero-order valence-corrected chi connectivity index (χ0v) is 12.1. The second-order valence-corrected chi connectivity index (χ2v) is 7.68. The molecule has 2 rings (SSSR count). The molecular weight excluding hydrogens is 258 g/mol. The van der Waals surface area contributed by atoms with Crippen LogP contribution in [0.3, 0.4) is 0 Å². The van der Waals surface area contributed by atoms with Crippen LogP contribution >= 0.6 is 0 Å². The Morgan fingerprint density at radius 3 is 2.42 bits per heavy atom. The van der Waals surface area contributed by atoms with Crippen molar-refractivity contribution in [3.05, 3.63) is 35.9 Å². The highest BCUT2D eigenvalue weighted by molar-refractivity contribution is 7.91. The summed E-state index contributed by atoms with van der Waals surface area (Å²) < 4.78 is 25.2. The molecule has 0 heterocycles. The van der Waals surface area contributed by atoms with Gasteiger partial charge < -0.3 is 5.73 Å². The highest BCUT2D eigenvalue weighted by Gasteiger charge is 2.33. The lowest BCUT2D eigenvalue weighted by Gasteiger charge is -2.23. The van der Waals surface area contributed by atoms with E-state index in [1.54, 1.807) is 0 Å². The molecule has 0 saturated heterocycles. The van der Waals surface area contributed by atoms with Gasteiger partial charge >= 0.3 is 0 Å². The molecule has 1 fully saturated rings. The molecule has 2 N–H and O–H groups in total. The number of nitrogens with two attached hydrogens (primary N) is 1. The van der Waals surface area contributed by atoms with Crippen LogP contribution in [-0.4, -0.2) is 20.2 Å². The average molecular weight is 281 g/mol. The van der Waals surface area contributed by atoms with E-state index in [1.807, 2.05) is 30.3 Å². The molecule has 2 atom stereocenters. The predicted octanol–water partition coefficient (Wildman–Crippen LogP) is 2.51. The van der Waals surface area contributed by atoms with Gasteiger partial charge in [-0.25, -0.2) is 8.42 Å². The van der Waals surface area contributed by atoms with E-state index >= 15 is 0 Å². The van der Waals surface area contributed by atoms with Crippen LogP contribution in [0.1, 0.15) is 37.7 Å². The van der Waals surface area contributed by atoms with Gasteiger partial charge in [0.05, 0.1) is 11.0 Å². The lowest BCUT2D eigenvalue weighted by molar-refractivity contribution is 0.456. The third-order valence-corrected chi connectivity index (χ3v) is 6.34. The molecule has 1 aliphatic rings. The monoisotopic (exact) mass is 281 g/mol. The van der Waals surface area contributed by atoms with E-state index in [0.29, 0.717) is 6.54 Å². The maximum absolute atomic E-state index is 12.6. The van der Waals surface area contributed by atoms with Gasteiger partial charge in [-0.15, -0.1) is 0 Å². The van der Waals surface area contributed by atoms with E-state index in [4.69, 9.17) is 5.73 Å². The summed E-state index contributed by atoms with van der Waals surface area (Å²) in [5.41, 5.74) is 6.67. The standard InChI is InChI=1S/C15H23NO2S/c16-11-14-9-5-2-6-10-15(14)19(17,18)12-13-7-3-1-4-8-13/h1,3-4,7-8,14-15H,2,5-6,9-12,16H2. The first-order valence-electron chi connectivity index (χ1n) is 7.09. The zero-order valence-electron chi connectivity index (χ0n) is 11.3. The molecule has 0 radical (unpaired) electrons. The van der Waals surface area contributed by atoms with Gasteiger partial charge in [0.25, 0.3) is 0 Å². The minimum Gasteiger partial charge on any atom is -0.330 e. The molecule has 0 amide bonds. The Hall–Kier alpha value is -0.870. The largest absolute Gasteiger partial charge is 0.330 e. The molecule has 1 saturated carbocycles. The van der Waals surface area contributed by atoms with Crippen molar-refractivity contribution in [2.75, 3.05) is 6.54 Å². The van der Waals surface area contributed by atoms with Gasteiger partial charge in [-0.1, -0.05) is 49.6 Å². The Kier molecular flexibility index (Phi) is 4.99. The van der Waals surface area contributed by atoms with E-state index < -0.39 is 9.84 Å². The molecule has 106 valence electrons. The highest BCUT2D eigenvalue weighted by atomic mass is 32.2. The number of hydrogen-bond donors (Lipinski definition) is 1. The van der Waals surface area contributed by atoms with Crippen molar-refractivity contribution < 1.29 is 8.42 Å². The van der Waals surface area contributed by atoms with Gasteiger partial charge in [-0.2, -0.15) is 0 Å². The third kappa shape index (κ3) is 3.80. The molecule has 0 bridgehead atoms. The maximum Gasteiger partial charge on any atom is 0.157 e. The lowest BCUT2D eigenvalue weighted by atomic mass is 10.0. The molecule has 1 aromatic rings. The van der Waals surface area contributed by atoms with E-state index in [0.717, 1.165) is 37.7 Å². The summed E-state index contributed by atoms with van der Waals surface area (Å²) in [6.07, 6.45) is 4.98. The van der Waals surface area contributed by atoms with Crippen molar-refractivity contribution in [1.82, 2.24) is 0 Å². The van der Waals surface area contributed by atoms with Gasteiger partial charge in [0.2, 0.25) is 0 Å². The van der Waals surface area contributed by atoms with Crippen LogP contribution in [0.25, 0.3) is 0 Å². The van der Waals surface area contributed by atoms with Crippen LogP contribution in [0, 0.1) is 5.92 Å². The first-order chi connectivity index (χ1) is 9.13. The van der Waals surface area contributed by atoms with Crippen LogP contribution in [0.2, 0.25) is 0 Å². The lowest BCUT2D eigenvalue weighted by Crippen LogP contribution is -2.34. The fourth-order valence-electron chi connectivity index (χ4n) is 3.01. The molecule has 2 unspecified atom stereocenters. The molecule has 0 aromatic heterocycles. The minimum atomic E-state index is -3.10. The van der Waals surface area contributed by atoms with Crippen LogP contribution in [0.4, 0.5) is 0 Å². The summed E-state index contributed by atoms with van der Waals surface area (Å²) in [6, 6.07) is 9.44. The van der Waals surface area contributed by atoms with Gasteiger partial charge in [-0.05, 0) is 30.9 Å². The van der Waals surface area contributed by atoms with Crippen LogP contribution in [0.5, 0.6) is 0 Å². The second kappa shape index (κ2) is 6.53. The van der Waals surface area contributed by atoms with Crippen molar-refractivity contribution in [2.45, 2.75) is 43.1 Å². The summed E-state index contributed by atoms with van der Waals surface area (Å²) in [7, 11) is -3.10. The van der Waals surface area contributed by atoms with Crippen LogP contribution in [-0.2, 0) is 15.6 Å². The zero-order chi connectivity index (χ0) is 13.7. The van der Waals surface area contributed by atoms with Crippen molar-refractivity contribution >= 4 is 9.84 Å². The number of sulfone groups is 1. The smallest absolute Gasteiger partial charge is 0.157 e. The van der Waals surface area contributed by atoms with E-state index in [9.17, 15) is 8.42 Å². The topological polar surface area (TPSA) is 60.2 Å². The minimum absolute atomic E-state index is 0.135. The maximum atomic E-state index is 12.6. The Bertz CT molecular complexity index is 484. The van der Waals surface area contributed by atoms with Crippen molar-refractivity contribution in [3.8, 4) is 0 Å². The SMILES string of the molecule is NCC1CCCCCC1S(=O)(=O)Cc1ccccc1. The normalized spacial score (nSPS) is 24.9. The van der Waals surface area contributed by atoms with Gasteiger partial charge in [0.1, 0.15) is 0 Å². The fourth-order valence-corrected chi connectivity index (χ4v) is 5.24. The number of hydrogen-bond acceptors (Lipinski definition) is 3. The molecule has 4 heteroatoms. The molecule has 3 nitrogen and oxygen atoms in total. The summed E-state index contributed by atoms with van der Waals surface area (Å²) in [5, 5.41) is -0.250. The van der Waals surface area contributed by atoms with E-state index in [-0.39, 0.29) is 16.9 Å². The molecular formula is C15H23NO2S. The Labute approximate surface area is 116 Å². The third-order valence-electron chi connectivity index (χ3n) is 4.06. The fraction of sp³-hybridized carbons (Fsp3) is 0.600. The van der Waals surface area contributed by atoms with Crippen molar-refractivity contribution in [2.24, 2.45) is 11.7 Å². The quantitative estimate of drug-likeness (QED) is 0.863. The summed E-state index contributed by atoms with van der Waals surface area (Å²) in [5.74, 6) is 0.283. The van der Waals surface area contributed by atoms with Gasteiger partial charge in [-0.3, -0.25) is 0 Å². The first-order valence-corrected chi connectivity index (χ1v) is 8.80. The summed E-state index contributed by atoms with van der Waals surface area (Å²) in [4.78, 5) is 0. The summed E-state index contributed by atoms with van der Waals surface area (Å²) >= 11 is 0. The first kappa shape index (κ1) is 14.5. The highest BCUT2D eigenvalue weighted by Crippen LogP contribution is 2.29. The van der Waals surface area contributed by atoms with Crippen LogP contribution in [0.15, 0.2) is 30.3 Å². The molecule has 1 aliphatic carbocycles. The number of rotatable bonds is 4. The molecule has 19 heavy (non-hydrogen) atoms. The van der Waals surface area contributed by atoms with E-state index in [2.05, 4.69) is 0 Å². The average Bonchev–Trinajstić information content (AvgIpc) is 2.64. The predicted molar refractivity (Wildman–Crippen MR) is 78.5 cm³/mol. The van der Waals surface area contributed by atoms with Crippen LogP contribution < -0.4 is 5.73 Å².